The minimum atomic E-state index is -1.98. The maximum atomic E-state index is 12.9. The molecule has 0 amide bonds. The highest BCUT2D eigenvalue weighted by Crippen LogP contribution is 2.29. The average Bonchev–Trinajstić information content (AvgIpc) is 2.75. The third kappa shape index (κ3) is 5.48. The molecule has 2 aromatic rings. The van der Waals surface area contributed by atoms with Crippen molar-refractivity contribution < 1.29 is 33.5 Å². The van der Waals surface area contributed by atoms with E-state index in [4.69, 9.17) is 14.2 Å². The van der Waals surface area contributed by atoms with E-state index in [9.17, 15) is 24.5 Å². The highest BCUT2D eigenvalue weighted by atomic mass is 16.6. The van der Waals surface area contributed by atoms with Gasteiger partial charge in [-0.3, -0.25) is 24.5 Å². The number of nitro benzene ring substituents is 1. The molecular formula is C23H25NO8. The molecule has 2 aromatic carbocycles. The van der Waals surface area contributed by atoms with Crippen molar-refractivity contribution in [3.8, 4) is 0 Å². The topological polar surface area (TPSA) is 122 Å². The standard InChI is InChI=1S/C23H25NO8/c1-4-30-21(26)23(22(27)31-5-2,18-9-7-6-8-10-18)15-32-20(25)14-17-11-12-19(24(28)29)16(3)13-17/h6-13H,4-5,14-15H2,1-3H3. The lowest BCUT2D eigenvalue weighted by molar-refractivity contribution is -0.385. The van der Waals surface area contributed by atoms with E-state index in [1.165, 1.54) is 18.2 Å². The van der Waals surface area contributed by atoms with Crippen LogP contribution in [0.25, 0.3) is 0 Å². The number of nitrogens with zero attached hydrogens (tertiary/aromatic N) is 1. The molecule has 0 aromatic heterocycles. The number of carbonyl (C=O) groups is 3. The normalized spacial score (nSPS) is 10.8. The molecule has 9 nitrogen and oxygen atoms in total. The molecule has 9 heteroatoms. The van der Waals surface area contributed by atoms with Crippen LogP contribution in [0.3, 0.4) is 0 Å². The van der Waals surface area contributed by atoms with Crippen molar-refractivity contribution in [1.29, 1.82) is 0 Å². The second kappa shape index (κ2) is 11.0. The predicted octanol–water partition coefficient (Wildman–Crippen LogP) is 3.05. The van der Waals surface area contributed by atoms with E-state index in [1.807, 2.05) is 0 Å². The summed E-state index contributed by atoms with van der Waals surface area (Å²) in [5.41, 5.74) is -0.868. The van der Waals surface area contributed by atoms with Crippen molar-refractivity contribution in [2.24, 2.45) is 0 Å². The number of ether oxygens (including phenoxy) is 3. The van der Waals surface area contributed by atoms with Gasteiger partial charge in [0.15, 0.2) is 0 Å². The quantitative estimate of drug-likeness (QED) is 0.181. The van der Waals surface area contributed by atoms with Gasteiger partial charge in [0.05, 0.1) is 24.6 Å². The van der Waals surface area contributed by atoms with E-state index in [-0.39, 0.29) is 30.9 Å². The van der Waals surface area contributed by atoms with Crippen LogP contribution in [0.5, 0.6) is 0 Å². The Kier molecular flexibility index (Phi) is 8.46. The van der Waals surface area contributed by atoms with Gasteiger partial charge in [0.1, 0.15) is 6.61 Å². The van der Waals surface area contributed by atoms with E-state index in [2.05, 4.69) is 0 Å². The number of nitro groups is 1. The van der Waals surface area contributed by atoms with Crippen molar-refractivity contribution in [2.75, 3.05) is 19.8 Å². The van der Waals surface area contributed by atoms with Crippen molar-refractivity contribution in [3.63, 3.8) is 0 Å². The van der Waals surface area contributed by atoms with Gasteiger partial charge >= 0.3 is 17.9 Å². The van der Waals surface area contributed by atoms with Gasteiger partial charge in [0, 0.05) is 11.6 Å². The summed E-state index contributed by atoms with van der Waals surface area (Å²) in [6.07, 6.45) is -0.199. The third-order valence-corrected chi connectivity index (χ3v) is 4.77. The van der Waals surface area contributed by atoms with Crippen LogP contribution >= 0.6 is 0 Å². The molecule has 0 N–H and O–H groups in total. The molecule has 0 spiro atoms. The number of benzene rings is 2. The molecule has 0 heterocycles. The van der Waals surface area contributed by atoms with Gasteiger partial charge in [-0.05, 0) is 38.0 Å². The van der Waals surface area contributed by atoms with Gasteiger partial charge < -0.3 is 14.2 Å². The number of hydrogen-bond acceptors (Lipinski definition) is 8. The zero-order valence-electron chi connectivity index (χ0n) is 18.2. The zero-order valence-corrected chi connectivity index (χ0v) is 18.2. The fourth-order valence-electron chi connectivity index (χ4n) is 3.19. The molecule has 0 saturated heterocycles. The van der Waals surface area contributed by atoms with Crippen molar-refractivity contribution >= 4 is 23.6 Å². The first kappa shape index (κ1) is 24.5. The molecule has 32 heavy (non-hydrogen) atoms. The van der Waals surface area contributed by atoms with Crippen molar-refractivity contribution in [1.82, 2.24) is 0 Å². The van der Waals surface area contributed by atoms with E-state index >= 15 is 0 Å². The summed E-state index contributed by atoms with van der Waals surface area (Å²) in [4.78, 5) is 48.8. The number of aryl methyl sites for hydroxylation is 1. The van der Waals surface area contributed by atoms with E-state index in [0.29, 0.717) is 11.1 Å². The molecule has 0 aliphatic rings. The van der Waals surface area contributed by atoms with Crippen LogP contribution < -0.4 is 0 Å². The molecule has 0 atom stereocenters. The van der Waals surface area contributed by atoms with Gasteiger partial charge in [0.25, 0.3) is 5.69 Å². The van der Waals surface area contributed by atoms with Crippen LogP contribution in [0.1, 0.15) is 30.5 Å². The second-order valence-corrected chi connectivity index (χ2v) is 6.93. The minimum Gasteiger partial charge on any atom is -0.465 e. The van der Waals surface area contributed by atoms with E-state index in [0.717, 1.165) is 0 Å². The van der Waals surface area contributed by atoms with Crippen LogP contribution in [0.15, 0.2) is 48.5 Å². The van der Waals surface area contributed by atoms with Gasteiger partial charge in [-0.1, -0.05) is 36.4 Å². The summed E-state index contributed by atoms with van der Waals surface area (Å²) >= 11 is 0. The molecule has 0 bridgehead atoms. The van der Waals surface area contributed by atoms with Crippen LogP contribution in [0.4, 0.5) is 5.69 Å². The largest absolute Gasteiger partial charge is 0.465 e. The van der Waals surface area contributed by atoms with Crippen molar-refractivity contribution in [3.05, 3.63) is 75.3 Å². The summed E-state index contributed by atoms with van der Waals surface area (Å²) in [6.45, 7) is 4.18. The lowest BCUT2D eigenvalue weighted by Gasteiger charge is -2.29. The molecule has 0 radical (unpaired) electrons. The predicted molar refractivity (Wildman–Crippen MR) is 114 cm³/mol. The fraction of sp³-hybridized carbons (Fsp3) is 0.348. The second-order valence-electron chi connectivity index (χ2n) is 6.93. The van der Waals surface area contributed by atoms with Crippen LogP contribution in [0, 0.1) is 17.0 Å². The molecule has 0 unspecified atom stereocenters. The molecule has 0 aliphatic heterocycles. The molecule has 2 rings (SSSR count). The Bertz CT molecular complexity index is 969. The number of esters is 3. The SMILES string of the molecule is CCOC(=O)C(COC(=O)Cc1ccc([N+](=O)[O-])c(C)c1)(C(=O)OCC)c1ccccc1. The first-order valence-corrected chi connectivity index (χ1v) is 10.1. The zero-order chi connectivity index (χ0) is 23.7. The molecule has 170 valence electrons. The highest BCUT2D eigenvalue weighted by molar-refractivity contribution is 6.06. The Morgan fingerprint density at radius 1 is 0.938 bits per heavy atom. The average molecular weight is 443 g/mol. The first-order valence-electron chi connectivity index (χ1n) is 10.1. The molecule has 0 fully saturated rings. The molecule has 0 aliphatic carbocycles. The maximum Gasteiger partial charge on any atom is 0.331 e. The van der Waals surface area contributed by atoms with Gasteiger partial charge in [-0.2, -0.15) is 0 Å². The van der Waals surface area contributed by atoms with Crippen LogP contribution in [0.2, 0.25) is 0 Å². The van der Waals surface area contributed by atoms with Crippen LogP contribution in [-0.4, -0.2) is 42.7 Å². The summed E-state index contributed by atoms with van der Waals surface area (Å²) < 4.78 is 15.6. The van der Waals surface area contributed by atoms with Crippen molar-refractivity contribution in [2.45, 2.75) is 32.6 Å². The maximum absolute atomic E-state index is 12.9. The monoisotopic (exact) mass is 443 g/mol. The Hall–Kier alpha value is -3.75. The lowest BCUT2D eigenvalue weighted by Crippen LogP contribution is -2.50. The Morgan fingerprint density at radius 2 is 1.53 bits per heavy atom. The molecule has 0 saturated carbocycles. The van der Waals surface area contributed by atoms with Gasteiger partial charge in [-0.25, -0.2) is 0 Å². The lowest BCUT2D eigenvalue weighted by atomic mass is 9.81. The number of hydrogen-bond donors (Lipinski definition) is 0. The van der Waals surface area contributed by atoms with Gasteiger partial charge in [0.2, 0.25) is 5.41 Å². The summed E-state index contributed by atoms with van der Waals surface area (Å²) in [7, 11) is 0. The Labute approximate surface area is 185 Å². The number of rotatable bonds is 10. The summed E-state index contributed by atoms with van der Waals surface area (Å²) in [5, 5.41) is 11.0. The summed E-state index contributed by atoms with van der Waals surface area (Å²) in [5.74, 6) is -2.49. The number of carbonyl (C=O) groups excluding carboxylic acids is 3. The highest BCUT2D eigenvalue weighted by Gasteiger charge is 2.52. The Balaban J connectivity index is 2.30. The fourth-order valence-corrected chi connectivity index (χ4v) is 3.19. The van der Waals surface area contributed by atoms with E-state index in [1.54, 1.807) is 51.1 Å². The third-order valence-electron chi connectivity index (χ3n) is 4.77. The van der Waals surface area contributed by atoms with Crippen LogP contribution in [-0.2, 0) is 40.4 Å². The van der Waals surface area contributed by atoms with Gasteiger partial charge in [-0.15, -0.1) is 0 Å². The first-order chi connectivity index (χ1) is 15.3. The Morgan fingerprint density at radius 3 is 2.03 bits per heavy atom. The van der Waals surface area contributed by atoms with E-state index < -0.39 is 34.9 Å². The smallest absolute Gasteiger partial charge is 0.331 e. The minimum absolute atomic E-state index is 0.0167. The molecular weight excluding hydrogens is 418 g/mol. The summed E-state index contributed by atoms with van der Waals surface area (Å²) in [6, 6.07) is 12.4.